The molecule has 6 rings (SSSR count). The Morgan fingerprint density at radius 2 is 1.10 bits per heavy atom. The lowest BCUT2D eigenvalue weighted by Crippen LogP contribution is -2.41. The lowest BCUT2D eigenvalue weighted by Gasteiger charge is -2.27. The van der Waals surface area contributed by atoms with E-state index in [9.17, 15) is 9.59 Å². The monoisotopic (exact) mass is 716 g/mol. The number of benzene rings is 2. The van der Waals surface area contributed by atoms with Crippen molar-refractivity contribution in [3.63, 3.8) is 0 Å². The maximum absolute atomic E-state index is 14.1. The molecule has 266 valence electrons. The minimum atomic E-state index is -0.000813. The lowest BCUT2D eigenvalue weighted by atomic mass is 10.1. The number of hydrogen-bond donors (Lipinski definition) is 0. The standard InChI is InChI=1S/C38H48N6O4S2/c1-41(2)19-21-43(25-27-9-7-23-47-27)37(45)31-15-17-39-35-29(31)11-5-13-33(35)49-50-34-14-6-12-30-32(16-18-40-36(30)34)38(46)44(22-20-42(3)4)26-28-10-8-24-48-28/h5-6,11-18,27-28H,7-10,19-26H2,1-4H3. The van der Waals surface area contributed by atoms with Gasteiger partial charge in [0.25, 0.3) is 11.8 Å². The van der Waals surface area contributed by atoms with Crippen molar-refractivity contribution in [2.24, 2.45) is 0 Å². The molecule has 2 aromatic heterocycles. The molecule has 0 radical (unpaired) electrons. The minimum Gasteiger partial charge on any atom is -0.376 e. The molecule has 2 atom stereocenters. The van der Waals surface area contributed by atoms with Gasteiger partial charge in [-0.2, -0.15) is 0 Å². The molecule has 2 aliphatic rings. The average molecular weight is 717 g/mol. The van der Waals surface area contributed by atoms with Gasteiger partial charge in [-0.05, 0) is 78.1 Å². The zero-order chi connectivity index (χ0) is 35.0. The maximum atomic E-state index is 14.1. The molecule has 0 spiro atoms. The number of nitrogens with zero attached hydrogens (tertiary/aromatic N) is 6. The number of para-hydroxylation sites is 2. The molecule has 0 aliphatic carbocycles. The first-order chi connectivity index (χ1) is 24.3. The van der Waals surface area contributed by atoms with Crippen molar-refractivity contribution in [1.29, 1.82) is 0 Å². The number of hydrogen-bond acceptors (Lipinski definition) is 10. The van der Waals surface area contributed by atoms with Gasteiger partial charge in [0, 0.05) is 85.4 Å². The van der Waals surface area contributed by atoms with Crippen LogP contribution in [-0.4, -0.2) is 134 Å². The fraction of sp³-hybridized carbons (Fsp3) is 0.474. The van der Waals surface area contributed by atoms with Crippen LogP contribution in [0.1, 0.15) is 46.4 Å². The summed E-state index contributed by atoms with van der Waals surface area (Å²) in [6, 6.07) is 15.7. The number of likely N-dealkylation sites (N-methyl/N-ethyl adjacent to an activating group) is 2. The molecule has 12 heteroatoms. The number of rotatable bonds is 15. The van der Waals surface area contributed by atoms with Crippen LogP contribution in [0.4, 0.5) is 0 Å². The van der Waals surface area contributed by atoms with Gasteiger partial charge in [-0.25, -0.2) is 0 Å². The van der Waals surface area contributed by atoms with Crippen molar-refractivity contribution < 1.29 is 19.1 Å². The molecule has 2 fully saturated rings. The molecule has 4 heterocycles. The van der Waals surface area contributed by atoms with Crippen LogP contribution in [0.2, 0.25) is 0 Å². The summed E-state index contributed by atoms with van der Waals surface area (Å²) < 4.78 is 11.8. The number of aromatic nitrogens is 2. The van der Waals surface area contributed by atoms with Crippen LogP contribution in [0.3, 0.4) is 0 Å². The van der Waals surface area contributed by atoms with Crippen LogP contribution >= 0.6 is 21.6 Å². The molecule has 2 aliphatic heterocycles. The summed E-state index contributed by atoms with van der Waals surface area (Å²) in [4.78, 5) is 47.6. The van der Waals surface area contributed by atoms with E-state index >= 15 is 0 Å². The highest BCUT2D eigenvalue weighted by Gasteiger charge is 2.27. The Bertz CT molecular complexity index is 1650. The van der Waals surface area contributed by atoms with E-state index in [1.165, 1.54) is 0 Å². The third-order valence-electron chi connectivity index (χ3n) is 9.25. The summed E-state index contributed by atoms with van der Waals surface area (Å²) in [7, 11) is 11.3. The van der Waals surface area contributed by atoms with Gasteiger partial charge in [0.15, 0.2) is 0 Å². The second-order valence-electron chi connectivity index (χ2n) is 13.6. The van der Waals surface area contributed by atoms with Gasteiger partial charge in [0.1, 0.15) is 0 Å². The average Bonchev–Trinajstić information content (AvgIpc) is 3.84. The number of amides is 2. The molecule has 4 aromatic rings. The normalized spacial score (nSPS) is 17.7. The SMILES string of the molecule is CN(C)CCN(CC1CCCO1)C(=O)c1ccnc2c(SSc3cccc4c(C(=O)N(CCN(C)C)CC5CCCO5)ccnc34)cccc12. The Kier molecular flexibility index (Phi) is 12.6. The quantitative estimate of drug-likeness (QED) is 0.138. The van der Waals surface area contributed by atoms with Gasteiger partial charge in [-0.15, -0.1) is 0 Å². The number of carbonyl (C=O) groups excluding carboxylic acids is 2. The van der Waals surface area contributed by atoms with E-state index < -0.39 is 0 Å². The predicted molar refractivity (Wildman–Crippen MR) is 202 cm³/mol. The molecule has 50 heavy (non-hydrogen) atoms. The minimum absolute atomic E-state index is 0.000813. The Morgan fingerprint density at radius 3 is 1.48 bits per heavy atom. The van der Waals surface area contributed by atoms with E-state index in [2.05, 4.69) is 9.80 Å². The van der Waals surface area contributed by atoms with Gasteiger partial charge in [-0.1, -0.05) is 45.9 Å². The predicted octanol–water partition coefficient (Wildman–Crippen LogP) is 5.95. The molecular formula is C38H48N6O4S2. The van der Waals surface area contributed by atoms with E-state index in [0.717, 1.165) is 83.6 Å². The first-order valence-electron chi connectivity index (χ1n) is 17.5. The van der Waals surface area contributed by atoms with Crippen molar-refractivity contribution in [3.8, 4) is 0 Å². The lowest BCUT2D eigenvalue weighted by molar-refractivity contribution is 0.0511. The van der Waals surface area contributed by atoms with Crippen LogP contribution < -0.4 is 0 Å². The van der Waals surface area contributed by atoms with Crippen molar-refractivity contribution in [2.75, 3.05) is 80.7 Å². The van der Waals surface area contributed by atoms with Crippen LogP contribution in [0.5, 0.6) is 0 Å². The van der Waals surface area contributed by atoms with Gasteiger partial charge in [0.05, 0.1) is 34.4 Å². The molecule has 2 amide bonds. The molecular weight excluding hydrogens is 669 g/mol. The van der Waals surface area contributed by atoms with Crippen molar-refractivity contribution in [2.45, 2.75) is 47.7 Å². The number of carbonyl (C=O) groups is 2. The van der Waals surface area contributed by atoms with Crippen LogP contribution in [-0.2, 0) is 9.47 Å². The van der Waals surface area contributed by atoms with Crippen LogP contribution in [0.15, 0.2) is 70.7 Å². The Balaban J connectivity index is 1.24. The second-order valence-corrected chi connectivity index (χ2v) is 15.8. The molecule has 0 N–H and O–H groups in total. The van der Waals surface area contributed by atoms with E-state index in [4.69, 9.17) is 19.4 Å². The second kappa shape index (κ2) is 17.3. The summed E-state index contributed by atoms with van der Waals surface area (Å²) in [6.07, 6.45) is 7.63. The van der Waals surface area contributed by atoms with E-state index in [-0.39, 0.29) is 24.0 Å². The zero-order valence-corrected chi connectivity index (χ0v) is 31.2. The first kappa shape index (κ1) is 36.5. The third kappa shape index (κ3) is 8.96. The van der Waals surface area contributed by atoms with Gasteiger partial charge in [0.2, 0.25) is 0 Å². The number of ether oxygens (including phenoxy) is 2. The van der Waals surface area contributed by atoms with Crippen LogP contribution in [0.25, 0.3) is 21.8 Å². The van der Waals surface area contributed by atoms with E-state index in [0.29, 0.717) is 37.3 Å². The smallest absolute Gasteiger partial charge is 0.254 e. The number of fused-ring (bicyclic) bond motifs is 2. The molecule has 0 bridgehead atoms. The fourth-order valence-corrected chi connectivity index (χ4v) is 8.77. The molecule has 2 aromatic carbocycles. The van der Waals surface area contributed by atoms with Crippen molar-refractivity contribution in [3.05, 3.63) is 72.1 Å². The highest BCUT2D eigenvalue weighted by Crippen LogP contribution is 2.43. The Labute approximate surface area is 303 Å². The maximum Gasteiger partial charge on any atom is 0.254 e. The van der Waals surface area contributed by atoms with Gasteiger partial charge in [-0.3, -0.25) is 19.6 Å². The van der Waals surface area contributed by atoms with E-state index in [1.54, 1.807) is 34.0 Å². The summed E-state index contributed by atoms with van der Waals surface area (Å²) >= 11 is 0. The Hall–Kier alpha value is -3.26. The first-order valence-corrected chi connectivity index (χ1v) is 19.6. The topological polar surface area (TPSA) is 91.3 Å². The van der Waals surface area contributed by atoms with Gasteiger partial charge >= 0.3 is 0 Å². The zero-order valence-electron chi connectivity index (χ0n) is 29.5. The largest absolute Gasteiger partial charge is 0.376 e. The van der Waals surface area contributed by atoms with Crippen molar-refractivity contribution in [1.82, 2.24) is 29.6 Å². The third-order valence-corrected chi connectivity index (χ3v) is 11.7. The fourth-order valence-electron chi connectivity index (χ4n) is 6.50. The Morgan fingerprint density at radius 1 is 0.660 bits per heavy atom. The summed E-state index contributed by atoms with van der Waals surface area (Å²) in [5.74, 6) is -0.00163. The van der Waals surface area contributed by atoms with Crippen LogP contribution in [0, 0.1) is 0 Å². The summed E-state index contributed by atoms with van der Waals surface area (Å²) in [6.45, 7) is 5.48. The highest BCUT2D eigenvalue weighted by molar-refractivity contribution is 8.76. The van der Waals surface area contributed by atoms with E-state index in [1.807, 2.05) is 86.5 Å². The molecule has 0 saturated carbocycles. The molecule has 2 unspecified atom stereocenters. The van der Waals surface area contributed by atoms with Gasteiger partial charge < -0.3 is 29.1 Å². The summed E-state index contributed by atoms with van der Waals surface area (Å²) in [5, 5.41) is 1.66. The van der Waals surface area contributed by atoms with Crippen molar-refractivity contribution >= 4 is 55.2 Å². The summed E-state index contributed by atoms with van der Waals surface area (Å²) in [5.41, 5.74) is 2.87. The highest BCUT2D eigenvalue weighted by atomic mass is 33.1. The molecule has 10 nitrogen and oxygen atoms in total. The number of pyridine rings is 2. The molecule has 2 saturated heterocycles.